The first-order valence-corrected chi connectivity index (χ1v) is 17.2. The van der Waals surface area contributed by atoms with Gasteiger partial charge in [0.15, 0.2) is 0 Å². The summed E-state index contributed by atoms with van der Waals surface area (Å²) in [6.45, 7) is 6.87. The molecule has 41 heavy (non-hydrogen) atoms. The Morgan fingerprint density at radius 1 is 0.976 bits per heavy atom. The molecule has 3 aromatic rings. The van der Waals surface area contributed by atoms with E-state index in [9.17, 15) is 23.6 Å². The van der Waals surface area contributed by atoms with Crippen molar-refractivity contribution in [2.24, 2.45) is 0 Å². The number of hydroxylamine groups is 1. The molecule has 1 aliphatic rings. The number of nitro benzene ring substituents is 1. The van der Waals surface area contributed by atoms with Crippen LogP contribution >= 0.6 is 0 Å². The average Bonchev–Trinajstić information content (AvgIpc) is 3.39. The van der Waals surface area contributed by atoms with E-state index in [1.807, 2.05) is 12.1 Å². The van der Waals surface area contributed by atoms with E-state index in [1.165, 1.54) is 22.5 Å². The molecule has 0 unspecified atom stereocenters. The number of sulfonamides is 1. The number of non-ortho nitro benzene ring substituents is 1. The van der Waals surface area contributed by atoms with Crippen LogP contribution in [0.25, 0.3) is 0 Å². The zero-order valence-corrected chi connectivity index (χ0v) is 25.5. The fourth-order valence-electron chi connectivity index (χ4n) is 5.53. The first kappa shape index (κ1) is 31.0. The van der Waals surface area contributed by atoms with E-state index in [0.29, 0.717) is 19.4 Å². The maximum Gasteiger partial charge on any atom is 0.269 e. The second kappa shape index (κ2) is 12.9. The summed E-state index contributed by atoms with van der Waals surface area (Å²) in [7, 11) is -6.72. The first-order chi connectivity index (χ1) is 19.5. The number of rotatable bonds is 12. The van der Waals surface area contributed by atoms with Crippen LogP contribution in [0.3, 0.4) is 0 Å². The number of hydrogen-bond acceptors (Lipinski definition) is 7. The number of nitro groups is 1. The van der Waals surface area contributed by atoms with Gasteiger partial charge in [-0.2, -0.15) is 0 Å². The third-order valence-corrected chi connectivity index (χ3v) is 14.3. The van der Waals surface area contributed by atoms with Crippen LogP contribution in [-0.4, -0.2) is 56.6 Å². The Morgan fingerprint density at radius 2 is 1.54 bits per heavy atom. The molecule has 1 fully saturated rings. The van der Waals surface area contributed by atoms with E-state index in [2.05, 4.69) is 69.3 Å². The lowest BCUT2D eigenvalue weighted by molar-refractivity contribution is -0.384. The van der Waals surface area contributed by atoms with Gasteiger partial charge in [-0.25, -0.2) is 8.42 Å². The largest absolute Gasteiger partial charge is 0.407 e. The van der Waals surface area contributed by atoms with E-state index >= 15 is 0 Å². The van der Waals surface area contributed by atoms with Crippen molar-refractivity contribution < 1.29 is 27.7 Å². The van der Waals surface area contributed by atoms with Crippen molar-refractivity contribution in [3.05, 3.63) is 95.0 Å². The number of aliphatic hydroxyl groups is 1. The summed E-state index contributed by atoms with van der Waals surface area (Å²) in [6.07, 6.45) is 2.11. The van der Waals surface area contributed by atoms with Crippen LogP contribution in [-0.2, 0) is 19.3 Å². The van der Waals surface area contributed by atoms with Gasteiger partial charge in [0.25, 0.3) is 24.0 Å². The Bertz CT molecular complexity index is 1360. The smallest absolute Gasteiger partial charge is 0.269 e. The Morgan fingerprint density at radius 3 is 2.02 bits per heavy atom. The molecule has 4 rings (SSSR count). The molecule has 0 aromatic heterocycles. The molecule has 1 N–H and O–H groups in total. The van der Waals surface area contributed by atoms with Gasteiger partial charge in [-0.3, -0.25) is 15.0 Å². The van der Waals surface area contributed by atoms with Crippen LogP contribution in [0.2, 0.25) is 5.04 Å². The van der Waals surface area contributed by atoms with Gasteiger partial charge >= 0.3 is 0 Å². The van der Waals surface area contributed by atoms with Crippen molar-refractivity contribution in [3.63, 3.8) is 0 Å². The number of nitrogens with zero attached hydrogens (tertiary/aromatic N) is 2. The second-order valence-corrected chi connectivity index (χ2v) is 17.4. The number of aliphatic hydroxyl groups excluding tert-OH is 1. The lowest BCUT2D eigenvalue weighted by Gasteiger charge is -2.43. The van der Waals surface area contributed by atoms with Gasteiger partial charge in [0.1, 0.15) is 0 Å². The zero-order chi connectivity index (χ0) is 29.7. The molecule has 0 bridgehead atoms. The van der Waals surface area contributed by atoms with Gasteiger partial charge in [0.05, 0.1) is 28.6 Å². The summed E-state index contributed by atoms with van der Waals surface area (Å²) in [5, 5.41) is 23.1. The monoisotopic (exact) mass is 598 g/mol. The van der Waals surface area contributed by atoms with Crippen molar-refractivity contribution >= 4 is 34.4 Å². The zero-order valence-electron chi connectivity index (χ0n) is 23.7. The summed E-state index contributed by atoms with van der Waals surface area (Å²) in [4.78, 5) is 16.0. The van der Waals surface area contributed by atoms with Gasteiger partial charge in [-0.15, -0.1) is 0 Å². The molecule has 9 nitrogen and oxygen atoms in total. The fourth-order valence-corrected chi connectivity index (χ4v) is 11.6. The van der Waals surface area contributed by atoms with Gasteiger partial charge in [0, 0.05) is 18.7 Å². The minimum atomic E-state index is -4.10. The van der Waals surface area contributed by atoms with Gasteiger partial charge in [-0.05, 0) is 53.2 Å². The number of benzene rings is 3. The molecule has 0 radical (unpaired) electrons. The molecule has 0 aliphatic carbocycles. The Hall–Kier alpha value is -2.93. The minimum absolute atomic E-state index is 0.120. The molecule has 11 heteroatoms. The normalized spacial score (nSPS) is 18.4. The predicted molar refractivity (Wildman–Crippen MR) is 160 cm³/mol. The highest BCUT2D eigenvalue weighted by molar-refractivity contribution is 7.89. The van der Waals surface area contributed by atoms with E-state index < -0.39 is 29.3 Å². The molecular weight excluding hydrogens is 560 g/mol. The molecule has 220 valence electrons. The van der Waals surface area contributed by atoms with Gasteiger partial charge < -0.3 is 9.53 Å². The van der Waals surface area contributed by atoms with Crippen molar-refractivity contribution in [2.75, 3.05) is 13.2 Å². The molecule has 2 atom stereocenters. The van der Waals surface area contributed by atoms with Crippen LogP contribution < -0.4 is 10.4 Å². The lowest BCUT2D eigenvalue weighted by Crippen LogP contribution is -2.66. The molecule has 0 spiro atoms. The maximum atomic E-state index is 13.2. The highest BCUT2D eigenvalue weighted by atomic mass is 32.2. The minimum Gasteiger partial charge on any atom is -0.407 e. The number of hydrogen-bond donors (Lipinski definition) is 1. The Kier molecular flexibility index (Phi) is 9.78. The summed E-state index contributed by atoms with van der Waals surface area (Å²) < 4.78 is 34.2. The molecule has 0 amide bonds. The van der Waals surface area contributed by atoms with Crippen LogP contribution in [0, 0.1) is 10.1 Å². The second-order valence-electron chi connectivity index (χ2n) is 11.3. The SMILES string of the molecule is CC(C)(C)[Si](OCCCC[C@@H]1C[C@H](CO)N(S(=O)(=O)c2ccc([N+](=O)[O-])cc2)O1)(c1ccccc1)c1ccccc1. The summed E-state index contributed by atoms with van der Waals surface area (Å²) >= 11 is 0. The van der Waals surface area contributed by atoms with Gasteiger partial charge in [0.2, 0.25) is 0 Å². The topological polar surface area (TPSA) is 119 Å². The standard InChI is InChI=1S/C30H38N2O7SSi/c1-30(2,3)41(28-13-6-4-7-14-28,29-15-8-5-9-16-29)38-21-11-10-12-26-22-25(23-33)32(39-26)40(36,37)27-19-17-24(18-20-27)31(34)35/h4-9,13-20,25-26,33H,10-12,21-23H2,1-3H3/t25-,26-/m1/s1. The average molecular weight is 599 g/mol. The summed E-state index contributed by atoms with van der Waals surface area (Å²) in [6, 6.07) is 24.8. The quantitative estimate of drug-likeness (QED) is 0.142. The summed E-state index contributed by atoms with van der Waals surface area (Å²) in [5.41, 5.74) is -0.205. The van der Waals surface area contributed by atoms with Crippen LogP contribution in [0.4, 0.5) is 5.69 Å². The molecular formula is C30H38N2O7SSi. The van der Waals surface area contributed by atoms with Crippen molar-refractivity contribution in [1.82, 2.24) is 4.47 Å². The van der Waals surface area contributed by atoms with E-state index in [4.69, 9.17) is 9.26 Å². The Balaban J connectivity index is 1.41. The lowest BCUT2D eigenvalue weighted by atomic mass is 10.1. The maximum absolute atomic E-state index is 13.2. The molecule has 1 heterocycles. The van der Waals surface area contributed by atoms with Crippen molar-refractivity contribution in [2.45, 2.75) is 68.5 Å². The first-order valence-electron chi connectivity index (χ1n) is 13.8. The third-order valence-electron chi connectivity index (χ3n) is 7.53. The van der Waals surface area contributed by atoms with Crippen LogP contribution in [0.5, 0.6) is 0 Å². The highest BCUT2D eigenvalue weighted by Crippen LogP contribution is 2.37. The van der Waals surface area contributed by atoms with Crippen LogP contribution in [0.15, 0.2) is 89.8 Å². The van der Waals surface area contributed by atoms with E-state index in [-0.39, 0.29) is 28.3 Å². The fraction of sp³-hybridized carbons (Fsp3) is 0.400. The van der Waals surface area contributed by atoms with Gasteiger partial charge in [-0.1, -0.05) is 85.9 Å². The van der Waals surface area contributed by atoms with Crippen molar-refractivity contribution in [1.29, 1.82) is 0 Å². The predicted octanol–water partition coefficient (Wildman–Crippen LogP) is 4.40. The van der Waals surface area contributed by atoms with E-state index in [1.54, 1.807) is 0 Å². The highest BCUT2D eigenvalue weighted by Gasteiger charge is 2.50. The number of unbranched alkanes of at least 4 members (excludes halogenated alkanes) is 1. The van der Waals surface area contributed by atoms with Crippen molar-refractivity contribution in [3.8, 4) is 0 Å². The molecule has 1 aliphatic heterocycles. The van der Waals surface area contributed by atoms with E-state index in [0.717, 1.165) is 29.4 Å². The summed E-state index contributed by atoms with van der Waals surface area (Å²) in [5.74, 6) is 0. The van der Waals surface area contributed by atoms with Crippen LogP contribution in [0.1, 0.15) is 46.5 Å². The molecule has 0 saturated carbocycles. The molecule has 1 saturated heterocycles. The third kappa shape index (κ3) is 6.61. The molecule has 3 aromatic carbocycles. The Labute approximate surface area is 243 Å².